The first-order valence-electron chi connectivity index (χ1n) is 8.84. The molecular weight excluding hydrogens is 382 g/mol. The van der Waals surface area contributed by atoms with Crippen molar-refractivity contribution in [3.8, 4) is 5.75 Å². The number of hydrogen-bond acceptors (Lipinski definition) is 5. The average Bonchev–Trinajstić information content (AvgIpc) is 3.11. The van der Waals surface area contributed by atoms with E-state index in [9.17, 15) is 13.2 Å². The maximum absolute atomic E-state index is 12.3. The fourth-order valence-electron chi connectivity index (χ4n) is 4.01. The largest absolute Gasteiger partial charge is 0.496 e. The zero-order valence-corrected chi connectivity index (χ0v) is 16.9. The lowest BCUT2D eigenvalue weighted by Crippen LogP contribution is -2.17. The second kappa shape index (κ2) is 6.80. The van der Waals surface area contributed by atoms with Crippen LogP contribution in [0.5, 0.6) is 5.75 Å². The molecule has 142 valence electrons. The van der Waals surface area contributed by atoms with Gasteiger partial charge in [0.1, 0.15) is 20.3 Å². The maximum Gasteiger partial charge on any atom is 0.266 e. The lowest BCUT2D eigenvalue weighted by Gasteiger charge is -2.23. The van der Waals surface area contributed by atoms with Crippen LogP contribution in [0, 0.1) is 5.92 Å². The second-order valence-electron chi connectivity index (χ2n) is 7.15. The smallest absolute Gasteiger partial charge is 0.266 e. The summed E-state index contributed by atoms with van der Waals surface area (Å²) in [5, 5.41) is 3.87. The number of pyridine rings is 1. The molecular formula is C20H21NO4S2. The van der Waals surface area contributed by atoms with Gasteiger partial charge in [0.2, 0.25) is 0 Å². The molecule has 0 amide bonds. The van der Waals surface area contributed by atoms with E-state index >= 15 is 0 Å². The average molecular weight is 404 g/mol. The molecule has 0 aliphatic heterocycles. The van der Waals surface area contributed by atoms with Crippen LogP contribution in [0.3, 0.4) is 0 Å². The molecule has 5 nitrogen and oxygen atoms in total. The van der Waals surface area contributed by atoms with E-state index in [0.717, 1.165) is 52.4 Å². The van der Waals surface area contributed by atoms with E-state index in [0.29, 0.717) is 4.70 Å². The van der Waals surface area contributed by atoms with Crippen LogP contribution in [0.1, 0.15) is 24.8 Å². The Morgan fingerprint density at radius 1 is 1.30 bits per heavy atom. The van der Waals surface area contributed by atoms with Crippen molar-refractivity contribution in [3.05, 3.63) is 45.6 Å². The summed E-state index contributed by atoms with van der Waals surface area (Å²) in [6.07, 6.45) is 5.79. The number of H-pyrrole nitrogens is 1. The first-order valence-corrected chi connectivity index (χ1v) is 11.8. The highest BCUT2D eigenvalue weighted by atomic mass is 32.2. The van der Waals surface area contributed by atoms with E-state index in [1.165, 1.54) is 17.6 Å². The van der Waals surface area contributed by atoms with Crippen LogP contribution in [0.25, 0.3) is 26.6 Å². The van der Waals surface area contributed by atoms with Gasteiger partial charge in [0.05, 0.1) is 12.9 Å². The minimum Gasteiger partial charge on any atom is -0.496 e. The number of allylic oxidation sites excluding steroid dienone is 2. The van der Waals surface area contributed by atoms with Crippen LogP contribution < -0.4 is 10.3 Å². The number of benzene rings is 1. The number of nitrogens with one attached hydrogen (secondary N) is 1. The Labute approximate surface area is 161 Å². The number of ether oxygens (including phenoxy) is 1. The van der Waals surface area contributed by atoms with Crippen molar-refractivity contribution in [3.63, 3.8) is 0 Å². The van der Waals surface area contributed by atoms with Crippen molar-refractivity contribution in [2.45, 2.75) is 19.3 Å². The Kier molecular flexibility index (Phi) is 4.60. The SMILES string of the molecule is COc1ccc2[nH]c(=O)c3sccc3c2c1C1=CCC(CS(C)(=O)=O)CC1. The summed E-state index contributed by atoms with van der Waals surface area (Å²) in [5.74, 6) is 1.16. The summed E-state index contributed by atoms with van der Waals surface area (Å²) in [5.41, 5.74) is 2.88. The normalized spacial score (nSPS) is 18.0. The quantitative estimate of drug-likeness (QED) is 0.715. The van der Waals surface area contributed by atoms with Crippen LogP contribution in [0.2, 0.25) is 0 Å². The molecule has 1 aliphatic rings. The van der Waals surface area contributed by atoms with Crippen LogP contribution in [-0.4, -0.2) is 32.5 Å². The predicted octanol–water partition coefficient (Wildman–Crippen LogP) is 3.98. The Balaban J connectivity index is 1.88. The molecule has 0 radical (unpaired) electrons. The summed E-state index contributed by atoms with van der Waals surface area (Å²) < 4.78 is 29.6. The summed E-state index contributed by atoms with van der Waals surface area (Å²) in [6, 6.07) is 5.75. The highest BCUT2D eigenvalue weighted by molar-refractivity contribution is 7.90. The molecule has 2 heterocycles. The topological polar surface area (TPSA) is 76.2 Å². The molecule has 1 aliphatic carbocycles. The fraction of sp³-hybridized carbons (Fsp3) is 0.350. The van der Waals surface area contributed by atoms with E-state index in [-0.39, 0.29) is 17.2 Å². The van der Waals surface area contributed by atoms with Crippen LogP contribution in [0.4, 0.5) is 0 Å². The first-order chi connectivity index (χ1) is 12.9. The van der Waals surface area contributed by atoms with Gasteiger partial charge in [-0.2, -0.15) is 0 Å². The number of aromatic amines is 1. The Morgan fingerprint density at radius 3 is 2.78 bits per heavy atom. The number of thiophene rings is 1. The molecule has 27 heavy (non-hydrogen) atoms. The summed E-state index contributed by atoms with van der Waals surface area (Å²) in [4.78, 5) is 15.3. The molecule has 3 aromatic rings. The predicted molar refractivity (Wildman–Crippen MR) is 112 cm³/mol. The molecule has 0 fully saturated rings. The van der Waals surface area contributed by atoms with Crippen molar-refractivity contribution >= 4 is 47.7 Å². The number of aromatic nitrogens is 1. The van der Waals surface area contributed by atoms with Gasteiger partial charge in [-0.25, -0.2) is 8.42 Å². The van der Waals surface area contributed by atoms with Crippen LogP contribution >= 0.6 is 11.3 Å². The van der Waals surface area contributed by atoms with Gasteiger partial charge >= 0.3 is 0 Å². The van der Waals surface area contributed by atoms with E-state index in [1.54, 1.807) is 7.11 Å². The summed E-state index contributed by atoms with van der Waals surface area (Å²) in [6.45, 7) is 0. The van der Waals surface area contributed by atoms with Gasteiger partial charge in [0, 0.05) is 28.1 Å². The Bertz CT molecular complexity index is 1220. The highest BCUT2D eigenvalue weighted by Crippen LogP contribution is 2.41. The van der Waals surface area contributed by atoms with Gasteiger partial charge < -0.3 is 9.72 Å². The Morgan fingerprint density at radius 2 is 2.11 bits per heavy atom. The molecule has 1 atom stereocenters. The molecule has 0 saturated carbocycles. The van der Waals surface area contributed by atoms with Crippen molar-refractivity contribution < 1.29 is 13.2 Å². The third-order valence-electron chi connectivity index (χ3n) is 5.16. The maximum atomic E-state index is 12.3. The van der Waals surface area contributed by atoms with Gasteiger partial charge in [-0.15, -0.1) is 11.3 Å². The van der Waals surface area contributed by atoms with E-state index < -0.39 is 9.84 Å². The molecule has 4 rings (SSSR count). The van der Waals surface area contributed by atoms with Crippen molar-refractivity contribution in [1.29, 1.82) is 0 Å². The van der Waals surface area contributed by atoms with Gasteiger partial charge in [0.15, 0.2) is 0 Å². The van der Waals surface area contributed by atoms with E-state index in [4.69, 9.17) is 4.74 Å². The highest BCUT2D eigenvalue weighted by Gasteiger charge is 2.23. The summed E-state index contributed by atoms with van der Waals surface area (Å²) >= 11 is 1.43. The van der Waals surface area contributed by atoms with E-state index in [2.05, 4.69) is 11.1 Å². The van der Waals surface area contributed by atoms with Crippen molar-refractivity contribution in [2.75, 3.05) is 19.1 Å². The number of methoxy groups -OCH3 is 1. The van der Waals surface area contributed by atoms with Gasteiger partial charge in [-0.1, -0.05) is 6.08 Å². The summed E-state index contributed by atoms with van der Waals surface area (Å²) in [7, 11) is -1.32. The molecule has 0 bridgehead atoms. The number of sulfone groups is 1. The van der Waals surface area contributed by atoms with Crippen LogP contribution in [-0.2, 0) is 9.84 Å². The monoisotopic (exact) mass is 403 g/mol. The molecule has 0 spiro atoms. The molecule has 2 aromatic heterocycles. The number of hydrogen-bond donors (Lipinski definition) is 1. The van der Waals surface area contributed by atoms with E-state index in [1.807, 2.05) is 23.6 Å². The zero-order valence-electron chi connectivity index (χ0n) is 15.2. The molecule has 0 saturated heterocycles. The first kappa shape index (κ1) is 18.3. The lowest BCUT2D eigenvalue weighted by atomic mass is 9.85. The molecule has 1 N–H and O–H groups in total. The molecule has 1 aromatic carbocycles. The second-order valence-corrected chi connectivity index (χ2v) is 10.2. The zero-order chi connectivity index (χ0) is 19.2. The standard InChI is InChI=1S/C20H21NO4S2/c1-25-16-8-7-15-18(14-9-10-26-19(14)20(22)21-15)17(16)13-5-3-12(4-6-13)11-27(2,23)24/h5,7-10,12H,3-4,6,11H2,1-2H3,(H,21,22). The van der Waals surface area contributed by atoms with Gasteiger partial charge in [-0.3, -0.25) is 4.79 Å². The van der Waals surface area contributed by atoms with Crippen molar-refractivity contribution in [2.24, 2.45) is 5.92 Å². The minimum atomic E-state index is -2.97. The fourth-order valence-corrected chi connectivity index (χ4v) is 5.97. The third kappa shape index (κ3) is 3.41. The molecule has 7 heteroatoms. The van der Waals surface area contributed by atoms with Gasteiger partial charge in [0.25, 0.3) is 5.56 Å². The number of fused-ring (bicyclic) bond motifs is 3. The van der Waals surface area contributed by atoms with Gasteiger partial charge in [-0.05, 0) is 54.3 Å². The Hall–Kier alpha value is -2.12. The molecule has 1 unspecified atom stereocenters. The van der Waals surface area contributed by atoms with Crippen molar-refractivity contribution in [1.82, 2.24) is 4.98 Å². The van der Waals surface area contributed by atoms with Crippen LogP contribution in [0.15, 0.2) is 34.4 Å². The lowest BCUT2D eigenvalue weighted by molar-refractivity contribution is 0.413. The minimum absolute atomic E-state index is 0.0746. The number of rotatable bonds is 4. The third-order valence-corrected chi connectivity index (χ3v) is 7.15.